The van der Waals surface area contributed by atoms with E-state index in [4.69, 9.17) is 16.3 Å². The van der Waals surface area contributed by atoms with E-state index < -0.39 is 0 Å². The zero-order valence-electron chi connectivity index (χ0n) is 17.0. The number of carbonyl (C=O) groups excluding carboxylic acids is 1. The van der Waals surface area contributed by atoms with Crippen LogP contribution in [0.15, 0.2) is 29.3 Å². The van der Waals surface area contributed by atoms with Gasteiger partial charge >= 0.3 is 0 Å². The lowest BCUT2D eigenvalue weighted by Crippen LogP contribution is -2.43. The molecule has 1 aromatic carbocycles. The summed E-state index contributed by atoms with van der Waals surface area (Å²) in [6.45, 7) is 5.10. The van der Waals surface area contributed by atoms with Crippen molar-refractivity contribution in [1.29, 1.82) is 0 Å². The van der Waals surface area contributed by atoms with Crippen LogP contribution in [0.2, 0.25) is 5.02 Å². The van der Waals surface area contributed by atoms with Gasteiger partial charge in [-0.25, -0.2) is 0 Å². The highest BCUT2D eigenvalue weighted by atomic mass is 127. The van der Waals surface area contributed by atoms with Crippen molar-refractivity contribution in [2.24, 2.45) is 4.99 Å². The first-order valence-corrected chi connectivity index (χ1v) is 10.0. The van der Waals surface area contributed by atoms with E-state index in [1.165, 1.54) is 0 Å². The number of amides is 1. The summed E-state index contributed by atoms with van der Waals surface area (Å²) >= 11 is 5.88. The van der Waals surface area contributed by atoms with Gasteiger partial charge in [-0.1, -0.05) is 18.5 Å². The molecule has 0 bridgehead atoms. The van der Waals surface area contributed by atoms with E-state index in [-0.39, 0.29) is 24.0 Å². The highest BCUT2D eigenvalue weighted by Crippen LogP contribution is 2.18. The highest BCUT2D eigenvalue weighted by molar-refractivity contribution is 14.0. The molecule has 158 valence electrons. The molecular formula is C20H32ClIN4O2. The Morgan fingerprint density at radius 1 is 1.39 bits per heavy atom. The second-order valence-electron chi connectivity index (χ2n) is 6.74. The molecule has 0 saturated carbocycles. The van der Waals surface area contributed by atoms with Crippen LogP contribution in [-0.4, -0.2) is 68.0 Å². The van der Waals surface area contributed by atoms with E-state index in [1.54, 1.807) is 7.05 Å². The molecule has 1 unspecified atom stereocenters. The Bertz CT molecular complexity index is 627. The van der Waals surface area contributed by atoms with Gasteiger partial charge in [-0.3, -0.25) is 9.79 Å². The fraction of sp³-hybridized carbons (Fsp3) is 0.600. The SMILES string of the molecule is CCC(CCNC(=NC)N(C)CCOc1ccc(Cl)cc1)N1CCCC1=O.I. The van der Waals surface area contributed by atoms with Gasteiger partial charge in [0, 0.05) is 44.7 Å². The van der Waals surface area contributed by atoms with Gasteiger partial charge in [-0.2, -0.15) is 0 Å². The third kappa shape index (κ3) is 7.66. The summed E-state index contributed by atoms with van der Waals surface area (Å²) in [4.78, 5) is 20.4. The van der Waals surface area contributed by atoms with Crippen LogP contribution >= 0.6 is 35.6 Å². The van der Waals surface area contributed by atoms with Crippen molar-refractivity contribution in [1.82, 2.24) is 15.1 Å². The van der Waals surface area contributed by atoms with Gasteiger partial charge in [0.15, 0.2) is 5.96 Å². The minimum absolute atomic E-state index is 0. The minimum atomic E-state index is 0. The largest absolute Gasteiger partial charge is 0.492 e. The Morgan fingerprint density at radius 2 is 2.11 bits per heavy atom. The van der Waals surface area contributed by atoms with Gasteiger partial charge < -0.3 is 19.9 Å². The number of benzene rings is 1. The van der Waals surface area contributed by atoms with E-state index in [0.29, 0.717) is 36.5 Å². The Morgan fingerprint density at radius 3 is 2.68 bits per heavy atom. The lowest BCUT2D eigenvalue weighted by Gasteiger charge is -2.28. The molecule has 1 aromatic rings. The molecule has 0 spiro atoms. The number of likely N-dealkylation sites (N-methyl/N-ethyl adjacent to an activating group) is 1. The predicted molar refractivity (Wildman–Crippen MR) is 126 cm³/mol. The lowest BCUT2D eigenvalue weighted by molar-refractivity contribution is -0.129. The molecule has 1 aliphatic heterocycles. The maximum Gasteiger partial charge on any atom is 0.222 e. The normalized spacial score (nSPS) is 15.2. The summed E-state index contributed by atoms with van der Waals surface area (Å²) in [7, 11) is 3.77. The fourth-order valence-corrected chi connectivity index (χ4v) is 3.43. The first-order valence-electron chi connectivity index (χ1n) is 9.64. The standard InChI is InChI=1S/C20H31ClN4O2.HI/c1-4-17(25-13-5-6-19(25)26)11-12-23-20(22-2)24(3)14-15-27-18-9-7-16(21)8-10-18;/h7-10,17H,4-6,11-15H2,1-3H3,(H,22,23);1H. The van der Waals surface area contributed by atoms with E-state index in [2.05, 4.69) is 17.2 Å². The highest BCUT2D eigenvalue weighted by Gasteiger charge is 2.26. The van der Waals surface area contributed by atoms with Crippen molar-refractivity contribution in [2.75, 3.05) is 40.3 Å². The Balaban J connectivity index is 0.00000392. The average Bonchev–Trinajstić information content (AvgIpc) is 3.09. The molecule has 1 saturated heterocycles. The van der Waals surface area contributed by atoms with E-state index in [9.17, 15) is 4.79 Å². The number of halogens is 2. The quantitative estimate of drug-likeness (QED) is 0.306. The molecular weight excluding hydrogens is 491 g/mol. The molecule has 6 nitrogen and oxygen atoms in total. The number of guanidine groups is 1. The number of ether oxygens (including phenoxy) is 1. The monoisotopic (exact) mass is 522 g/mol. The second-order valence-corrected chi connectivity index (χ2v) is 7.18. The maximum absolute atomic E-state index is 11.9. The fourth-order valence-electron chi connectivity index (χ4n) is 3.31. The molecule has 1 aliphatic rings. The molecule has 2 rings (SSSR count). The number of rotatable bonds is 9. The summed E-state index contributed by atoms with van der Waals surface area (Å²) in [5, 5.41) is 4.09. The minimum Gasteiger partial charge on any atom is -0.492 e. The molecule has 8 heteroatoms. The predicted octanol–water partition coefficient (Wildman–Crippen LogP) is 3.64. The van der Waals surface area contributed by atoms with Crippen LogP contribution in [0.4, 0.5) is 0 Å². The maximum atomic E-state index is 11.9. The van der Waals surface area contributed by atoms with Crippen LogP contribution in [-0.2, 0) is 4.79 Å². The third-order valence-electron chi connectivity index (χ3n) is 4.87. The van der Waals surface area contributed by atoms with Crippen LogP contribution in [0.5, 0.6) is 5.75 Å². The number of aliphatic imine (C=N–C) groups is 1. The van der Waals surface area contributed by atoms with E-state index in [0.717, 1.165) is 44.1 Å². The molecule has 1 amide bonds. The van der Waals surface area contributed by atoms with Crippen molar-refractivity contribution >= 4 is 47.4 Å². The van der Waals surface area contributed by atoms with Crippen molar-refractivity contribution in [3.05, 3.63) is 29.3 Å². The molecule has 1 fully saturated rings. The third-order valence-corrected chi connectivity index (χ3v) is 5.12. The first kappa shape index (κ1) is 24.8. The number of carbonyl (C=O) groups is 1. The smallest absolute Gasteiger partial charge is 0.222 e. The van der Waals surface area contributed by atoms with Crippen molar-refractivity contribution < 1.29 is 9.53 Å². The van der Waals surface area contributed by atoms with Crippen molar-refractivity contribution in [2.45, 2.75) is 38.6 Å². The molecule has 0 aromatic heterocycles. The molecule has 0 radical (unpaired) electrons. The van der Waals surface area contributed by atoms with Crippen LogP contribution in [0, 0.1) is 0 Å². The Labute approximate surface area is 190 Å². The Kier molecular flexibility index (Phi) is 11.6. The van der Waals surface area contributed by atoms with Gasteiger partial charge in [0.05, 0.1) is 6.54 Å². The van der Waals surface area contributed by atoms with Crippen molar-refractivity contribution in [3.63, 3.8) is 0 Å². The van der Waals surface area contributed by atoms with E-state index >= 15 is 0 Å². The molecule has 1 atom stereocenters. The lowest BCUT2D eigenvalue weighted by atomic mass is 10.1. The summed E-state index contributed by atoms with van der Waals surface area (Å²) < 4.78 is 5.74. The number of nitrogens with zero attached hydrogens (tertiary/aromatic N) is 3. The van der Waals surface area contributed by atoms with Gasteiger partial charge in [-0.15, -0.1) is 24.0 Å². The average molecular weight is 523 g/mol. The molecule has 0 aliphatic carbocycles. The van der Waals surface area contributed by atoms with Gasteiger partial charge in [0.25, 0.3) is 0 Å². The van der Waals surface area contributed by atoms with Crippen LogP contribution < -0.4 is 10.1 Å². The van der Waals surface area contributed by atoms with Crippen LogP contribution in [0.25, 0.3) is 0 Å². The first-order chi connectivity index (χ1) is 13.0. The summed E-state index contributed by atoms with van der Waals surface area (Å²) in [6, 6.07) is 7.66. The number of nitrogens with one attached hydrogen (secondary N) is 1. The zero-order chi connectivity index (χ0) is 19.6. The van der Waals surface area contributed by atoms with E-state index in [1.807, 2.05) is 41.1 Å². The molecule has 1 N–H and O–H groups in total. The number of likely N-dealkylation sites (tertiary alicyclic amines) is 1. The number of hydrogen-bond donors (Lipinski definition) is 1. The molecule has 1 heterocycles. The second kappa shape index (κ2) is 13.1. The Hall–Kier alpha value is -1.22. The van der Waals surface area contributed by atoms with Gasteiger partial charge in [0.1, 0.15) is 12.4 Å². The molecule has 28 heavy (non-hydrogen) atoms. The topological polar surface area (TPSA) is 57.2 Å². The number of hydrogen-bond acceptors (Lipinski definition) is 3. The van der Waals surface area contributed by atoms with Crippen LogP contribution in [0.3, 0.4) is 0 Å². The summed E-state index contributed by atoms with van der Waals surface area (Å²) in [6.07, 6.45) is 3.59. The van der Waals surface area contributed by atoms with Gasteiger partial charge in [0.2, 0.25) is 5.91 Å². The van der Waals surface area contributed by atoms with Crippen LogP contribution in [0.1, 0.15) is 32.6 Å². The zero-order valence-corrected chi connectivity index (χ0v) is 20.1. The van der Waals surface area contributed by atoms with Gasteiger partial charge in [-0.05, 0) is 43.5 Å². The van der Waals surface area contributed by atoms with Crippen molar-refractivity contribution in [3.8, 4) is 5.75 Å². The summed E-state index contributed by atoms with van der Waals surface area (Å²) in [5.41, 5.74) is 0. The summed E-state index contributed by atoms with van der Waals surface area (Å²) in [5.74, 6) is 1.93.